The second-order valence-electron chi connectivity index (χ2n) is 23.4. The fourth-order valence-electron chi connectivity index (χ4n) is 11.0. The van der Waals surface area contributed by atoms with E-state index in [1.807, 2.05) is 7.05 Å². The number of aliphatic hydroxyl groups excluding tert-OH is 3. The summed E-state index contributed by atoms with van der Waals surface area (Å²) in [6.07, 6.45) is 45.6. The molecule has 0 aliphatic heterocycles. The molecule has 0 fully saturated rings. The van der Waals surface area contributed by atoms with Gasteiger partial charge in [-0.1, -0.05) is 259 Å². The number of unbranched alkanes of at least 4 members (excludes halogenated alkanes) is 35. The molecule has 3 unspecified atom stereocenters. The molecule has 3 atom stereocenters. The zero-order valence-electron chi connectivity index (χ0n) is 50.5. The van der Waals surface area contributed by atoms with Gasteiger partial charge in [0.2, 0.25) is 0 Å². The van der Waals surface area contributed by atoms with Crippen molar-refractivity contribution in [3.05, 3.63) is 31.5 Å². The highest BCUT2D eigenvalue weighted by molar-refractivity contribution is 4.84. The predicted molar refractivity (Wildman–Crippen MR) is 321 cm³/mol. The van der Waals surface area contributed by atoms with E-state index < -0.39 is 35.4 Å². The van der Waals surface area contributed by atoms with E-state index in [1.54, 1.807) is 0 Å². The molecular weight excluding hydrogens is 937 g/mol. The number of aromatic nitrogens is 3. The minimum Gasteiger partial charge on any atom is -0.390 e. The van der Waals surface area contributed by atoms with E-state index in [4.69, 9.17) is 0 Å². The van der Waals surface area contributed by atoms with Crippen LogP contribution in [0.4, 0.5) is 0 Å². The first-order valence-electron chi connectivity index (χ1n) is 32.6. The maximum atomic E-state index is 14.5. The number of nitrogens with zero attached hydrogens (tertiary/aromatic N) is 6. The van der Waals surface area contributed by atoms with Crippen molar-refractivity contribution in [3.8, 4) is 0 Å². The Bertz CT molecular complexity index is 1450. The smallest absolute Gasteiger partial charge is 0.336 e. The highest BCUT2D eigenvalue weighted by atomic mass is 16.3. The van der Waals surface area contributed by atoms with Gasteiger partial charge in [-0.2, -0.15) is 0 Å². The molecule has 0 amide bonds. The number of aliphatic hydroxyl groups is 3. The predicted octanol–water partition coefficient (Wildman–Crippen LogP) is 13.5. The first-order chi connectivity index (χ1) is 36.5. The Hall–Kier alpha value is -1.83. The molecule has 12 nitrogen and oxygen atoms in total. The van der Waals surface area contributed by atoms with Gasteiger partial charge in [-0.15, -0.1) is 0 Å². The third-order valence-electron chi connectivity index (χ3n) is 15.7. The summed E-state index contributed by atoms with van der Waals surface area (Å²) in [5.74, 6) is 0. The summed E-state index contributed by atoms with van der Waals surface area (Å²) in [5, 5.41) is 35.0. The van der Waals surface area contributed by atoms with Crippen molar-refractivity contribution in [2.75, 3.05) is 59.4 Å². The Morgan fingerprint density at radius 1 is 0.293 bits per heavy atom. The summed E-state index contributed by atoms with van der Waals surface area (Å²) in [6, 6.07) is 0. The van der Waals surface area contributed by atoms with E-state index >= 15 is 0 Å². The Kier molecular flexibility index (Phi) is 47.8. The summed E-state index contributed by atoms with van der Waals surface area (Å²) in [4.78, 5) is 49.9. The van der Waals surface area contributed by atoms with Gasteiger partial charge in [0.25, 0.3) is 0 Å². The van der Waals surface area contributed by atoms with E-state index in [0.29, 0.717) is 13.1 Å². The summed E-state index contributed by atoms with van der Waals surface area (Å²) in [6.45, 7) is 15.5. The van der Waals surface area contributed by atoms with Crippen molar-refractivity contribution in [2.45, 2.75) is 329 Å². The number of hydrogen-bond donors (Lipinski definition) is 3. The van der Waals surface area contributed by atoms with Crippen LogP contribution in [0.25, 0.3) is 0 Å². The number of hydrogen-bond acceptors (Lipinski definition) is 9. The van der Waals surface area contributed by atoms with Crippen LogP contribution in [0, 0.1) is 0 Å². The first-order valence-corrected chi connectivity index (χ1v) is 32.6. The lowest BCUT2D eigenvalue weighted by atomic mass is 10.1. The molecule has 0 radical (unpaired) electrons. The topological polar surface area (TPSA) is 136 Å². The molecule has 3 N–H and O–H groups in total. The van der Waals surface area contributed by atoms with E-state index in [9.17, 15) is 29.7 Å². The molecule has 12 heteroatoms. The third kappa shape index (κ3) is 38.4. The lowest BCUT2D eigenvalue weighted by Crippen LogP contribution is -2.58. The van der Waals surface area contributed by atoms with Gasteiger partial charge in [-0.25, -0.2) is 28.1 Å². The van der Waals surface area contributed by atoms with Crippen molar-refractivity contribution >= 4 is 0 Å². The van der Waals surface area contributed by atoms with Crippen LogP contribution in [0.5, 0.6) is 0 Å². The van der Waals surface area contributed by atoms with Crippen LogP contribution in [0.15, 0.2) is 14.4 Å². The fourth-order valence-corrected chi connectivity index (χ4v) is 11.0. The van der Waals surface area contributed by atoms with Crippen LogP contribution in [-0.4, -0.2) is 121 Å². The molecule has 0 aromatic carbocycles. The number of likely N-dealkylation sites (N-methyl/N-ethyl adjacent to an activating group) is 1. The van der Waals surface area contributed by atoms with Crippen LogP contribution < -0.4 is 17.1 Å². The summed E-state index contributed by atoms with van der Waals surface area (Å²) >= 11 is 0. The van der Waals surface area contributed by atoms with Gasteiger partial charge in [-0.3, -0.25) is 0 Å². The second-order valence-corrected chi connectivity index (χ2v) is 23.4. The zero-order chi connectivity index (χ0) is 55.0. The third-order valence-corrected chi connectivity index (χ3v) is 15.7. The zero-order valence-corrected chi connectivity index (χ0v) is 50.5. The molecule has 0 saturated heterocycles. The maximum Gasteiger partial charge on any atom is 0.336 e. The molecule has 0 saturated carbocycles. The second kappa shape index (κ2) is 50.4. The van der Waals surface area contributed by atoms with Crippen LogP contribution in [0.3, 0.4) is 0 Å². The molecule has 1 heterocycles. The monoisotopic (exact) mass is 1060 g/mol. The van der Waals surface area contributed by atoms with Crippen LogP contribution in [-0.2, 0) is 19.6 Å². The van der Waals surface area contributed by atoms with Gasteiger partial charge in [-0.05, 0) is 71.9 Å². The largest absolute Gasteiger partial charge is 0.390 e. The van der Waals surface area contributed by atoms with E-state index in [1.165, 1.54) is 193 Å². The molecule has 444 valence electrons. The molecule has 0 spiro atoms. The first kappa shape index (κ1) is 71.2. The van der Waals surface area contributed by atoms with Crippen LogP contribution in [0.1, 0.15) is 291 Å². The summed E-state index contributed by atoms with van der Waals surface area (Å²) in [5.41, 5.74) is -2.44. The van der Waals surface area contributed by atoms with E-state index in [-0.39, 0.29) is 26.2 Å². The van der Waals surface area contributed by atoms with Crippen LogP contribution >= 0.6 is 0 Å². The van der Waals surface area contributed by atoms with Crippen molar-refractivity contribution < 1.29 is 15.3 Å². The van der Waals surface area contributed by atoms with Gasteiger partial charge < -0.3 is 30.0 Å². The van der Waals surface area contributed by atoms with Crippen molar-refractivity contribution in [3.63, 3.8) is 0 Å². The van der Waals surface area contributed by atoms with Gasteiger partial charge in [0.05, 0.1) is 37.9 Å². The minimum absolute atomic E-state index is 0.267. The van der Waals surface area contributed by atoms with Crippen molar-refractivity contribution in [1.82, 2.24) is 28.4 Å². The van der Waals surface area contributed by atoms with E-state index in [0.717, 1.165) is 111 Å². The Morgan fingerprint density at radius 2 is 0.480 bits per heavy atom. The van der Waals surface area contributed by atoms with Crippen molar-refractivity contribution in [2.24, 2.45) is 0 Å². The molecule has 75 heavy (non-hydrogen) atoms. The highest BCUT2D eigenvalue weighted by Crippen LogP contribution is 2.15. The lowest BCUT2D eigenvalue weighted by molar-refractivity contribution is 0.0816. The average molecular weight is 1060 g/mol. The van der Waals surface area contributed by atoms with Gasteiger partial charge in [0.15, 0.2) is 0 Å². The molecule has 1 aromatic rings. The molecule has 0 aliphatic rings. The van der Waals surface area contributed by atoms with Gasteiger partial charge >= 0.3 is 17.1 Å². The number of rotatable bonds is 57. The van der Waals surface area contributed by atoms with Crippen LogP contribution in [0.2, 0.25) is 0 Å². The summed E-state index contributed by atoms with van der Waals surface area (Å²) in [7, 11) is 1.96. The van der Waals surface area contributed by atoms with Gasteiger partial charge in [0, 0.05) is 19.6 Å². The quantitative estimate of drug-likeness (QED) is 0.0545. The molecule has 0 aliphatic carbocycles. The van der Waals surface area contributed by atoms with Crippen molar-refractivity contribution in [1.29, 1.82) is 0 Å². The highest BCUT2D eigenvalue weighted by Gasteiger charge is 2.24. The Balaban J connectivity index is 3.36. The lowest BCUT2D eigenvalue weighted by Gasteiger charge is -2.27. The van der Waals surface area contributed by atoms with E-state index in [2.05, 4.69) is 49.3 Å². The fraction of sp³-hybridized carbons (Fsp3) is 0.952. The molecule has 0 bridgehead atoms. The Labute approximate surface area is 462 Å². The molecule has 1 rings (SSSR count). The average Bonchev–Trinajstić information content (AvgIpc) is 3.39. The SMILES string of the molecule is CCCCCCCCCCN(C)CC(O)Cn1c(=O)n(CC(O)CN(CCCCCCCCCC)CCCCCCCCCC)c(=O)n(CC(O)CN(CCCCCCCCCC)CCCCCCCCCC)c1=O. The normalized spacial score (nSPS) is 13.3. The molecular formula is C63H126N6O6. The summed E-state index contributed by atoms with van der Waals surface area (Å²) < 4.78 is 2.98. The van der Waals surface area contributed by atoms with Gasteiger partial charge in [0.1, 0.15) is 0 Å². The Morgan fingerprint density at radius 3 is 0.707 bits per heavy atom. The maximum absolute atomic E-state index is 14.5. The minimum atomic E-state index is -1.04. The molecule has 1 aromatic heterocycles. The standard InChI is InChI=1S/C63H126N6O6/c1-7-12-17-22-27-32-37-42-47-64(6)52-58(70)55-67-61(73)68(56-59(71)53-65(48-43-38-33-28-23-18-13-8-2)49-44-39-34-29-24-19-14-9-3)63(75)69(62(67)74)57-60(72)54-66(50-45-40-35-30-25-20-15-10-4)51-46-41-36-31-26-21-16-11-5/h58-60,70-72H,7-57H2,1-6H3.